The molecule has 0 aliphatic carbocycles. The number of pyridine rings is 1. The van der Waals surface area contributed by atoms with E-state index in [9.17, 15) is 13.2 Å². The maximum Gasteiger partial charge on any atom is 0.255 e. The van der Waals surface area contributed by atoms with Gasteiger partial charge in [-0.05, 0) is 18.6 Å². The molecule has 2 aromatic rings. The second kappa shape index (κ2) is 11.3. The molecule has 1 N–H and O–H groups in total. The van der Waals surface area contributed by atoms with Crippen LogP contribution in [0.3, 0.4) is 0 Å². The molecule has 1 amide bonds. The summed E-state index contributed by atoms with van der Waals surface area (Å²) in [5.41, 5.74) is 0.742. The van der Waals surface area contributed by atoms with Crippen LogP contribution in [0, 0.1) is 0 Å². The van der Waals surface area contributed by atoms with Crippen molar-refractivity contribution >= 4 is 15.9 Å². The zero-order chi connectivity index (χ0) is 23.8. The topological polar surface area (TPSA) is 116 Å². The predicted octanol–water partition coefficient (Wildman–Crippen LogP) is 1.84. The Morgan fingerprint density at radius 2 is 1.97 bits per heavy atom. The molecule has 1 fully saturated rings. The van der Waals surface area contributed by atoms with Crippen LogP contribution in [0.15, 0.2) is 35.4 Å². The second-order valence-electron chi connectivity index (χ2n) is 7.22. The summed E-state index contributed by atoms with van der Waals surface area (Å²) in [5, 5.41) is 2.79. The van der Waals surface area contributed by atoms with Gasteiger partial charge in [0, 0.05) is 37.5 Å². The Morgan fingerprint density at radius 1 is 1.21 bits per heavy atom. The number of morpholine rings is 1. The summed E-state index contributed by atoms with van der Waals surface area (Å²) in [5.74, 6) is 0.206. The lowest BCUT2D eigenvalue weighted by atomic mass is 10.1. The first kappa shape index (κ1) is 24.7. The fourth-order valence-electron chi connectivity index (χ4n) is 3.35. The number of amides is 1. The van der Waals surface area contributed by atoms with Crippen LogP contribution in [0.5, 0.6) is 17.4 Å². The number of benzene rings is 1. The lowest BCUT2D eigenvalue weighted by Gasteiger charge is -2.26. The molecule has 0 radical (unpaired) electrons. The van der Waals surface area contributed by atoms with E-state index < -0.39 is 15.9 Å². The van der Waals surface area contributed by atoms with Gasteiger partial charge in [-0.2, -0.15) is 4.31 Å². The Balaban J connectivity index is 1.90. The highest BCUT2D eigenvalue weighted by Gasteiger charge is 2.30. The summed E-state index contributed by atoms with van der Waals surface area (Å²) in [7, 11) is -1.07. The van der Waals surface area contributed by atoms with Gasteiger partial charge in [-0.3, -0.25) is 4.79 Å². The van der Waals surface area contributed by atoms with Gasteiger partial charge >= 0.3 is 0 Å². The first-order valence-electron chi connectivity index (χ1n) is 10.6. The third-order valence-electron chi connectivity index (χ3n) is 5.04. The molecule has 0 atom stereocenters. The van der Waals surface area contributed by atoms with Crippen molar-refractivity contribution in [1.82, 2.24) is 14.6 Å². The van der Waals surface area contributed by atoms with E-state index in [1.54, 1.807) is 18.3 Å². The molecule has 2 heterocycles. The van der Waals surface area contributed by atoms with E-state index in [4.69, 9.17) is 18.9 Å². The summed E-state index contributed by atoms with van der Waals surface area (Å²) in [6, 6.07) is 6.21. The highest BCUT2D eigenvalue weighted by atomic mass is 32.2. The van der Waals surface area contributed by atoms with Gasteiger partial charge in [-0.15, -0.1) is 0 Å². The summed E-state index contributed by atoms with van der Waals surface area (Å²) in [6.07, 6.45) is 2.44. The molecule has 0 bridgehead atoms. The number of aromatic nitrogens is 1. The predicted molar refractivity (Wildman–Crippen MR) is 120 cm³/mol. The zero-order valence-electron chi connectivity index (χ0n) is 19.0. The lowest BCUT2D eigenvalue weighted by molar-refractivity contribution is 0.0730. The van der Waals surface area contributed by atoms with Crippen LogP contribution in [0.1, 0.15) is 29.3 Å². The first-order valence-corrected chi connectivity index (χ1v) is 12.0. The molecule has 1 aromatic heterocycles. The van der Waals surface area contributed by atoms with Gasteiger partial charge in [0.15, 0.2) is 11.5 Å². The number of nitrogens with zero attached hydrogens (tertiary/aromatic N) is 2. The minimum atomic E-state index is -3.85. The Hall–Kier alpha value is -2.89. The van der Waals surface area contributed by atoms with E-state index in [-0.39, 0.29) is 41.6 Å². The fourth-order valence-corrected chi connectivity index (χ4v) is 4.80. The monoisotopic (exact) mass is 479 g/mol. The largest absolute Gasteiger partial charge is 0.493 e. The maximum absolute atomic E-state index is 13.2. The fraction of sp³-hybridized carbons (Fsp3) is 0.455. The molecule has 11 heteroatoms. The van der Waals surface area contributed by atoms with Crippen LogP contribution in [-0.2, 0) is 21.3 Å². The molecule has 33 heavy (non-hydrogen) atoms. The van der Waals surface area contributed by atoms with Crippen molar-refractivity contribution in [3.05, 3.63) is 41.6 Å². The Morgan fingerprint density at radius 3 is 2.64 bits per heavy atom. The molecule has 1 aliphatic rings. The zero-order valence-corrected chi connectivity index (χ0v) is 19.8. The molecule has 1 aliphatic heterocycles. The minimum Gasteiger partial charge on any atom is -0.493 e. The Labute approximate surface area is 193 Å². The molecule has 1 saturated heterocycles. The molecule has 1 aromatic carbocycles. The highest BCUT2D eigenvalue weighted by Crippen LogP contribution is 2.35. The molecule has 0 unspecified atom stereocenters. The van der Waals surface area contributed by atoms with Crippen LogP contribution in [0.2, 0.25) is 0 Å². The van der Waals surface area contributed by atoms with Gasteiger partial charge in [0.05, 0.1) is 44.5 Å². The molecule has 3 rings (SSSR count). The lowest BCUT2D eigenvalue weighted by Crippen LogP contribution is -2.40. The van der Waals surface area contributed by atoms with Gasteiger partial charge in [0.1, 0.15) is 0 Å². The van der Waals surface area contributed by atoms with Crippen LogP contribution < -0.4 is 19.5 Å². The van der Waals surface area contributed by atoms with Crippen molar-refractivity contribution in [2.75, 3.05) is 47.1 Å². The molecule has 180 valence electrons. The van der Waals surface area contributed by atoms with E-state index in [2.05, 4.69) is 10.3 Å². The van der Waals surface area contributed by atoms with Gasteiger partial charge in [-0.1, -0.05) is 13.0 Å². The molecule has 0 spiro atoms. The first-order chi connectivity index (χ1) is 15.9. The van der Waals surface area contributed by atoms with E-state index in [0.29, 0.717) is 31.3 Å². The van der Waals surface area contributed by atoms with Gasteiger partial charge in [-0.25, -0.2) is 13.4 Å². The van der Waals surface area contributed by atoms with Crippen molar-refractivity contribution in [3.63, 3.8) is 0 Å². The van der Waals surface area contributed by atoms with Crippen LogP contribution in [0.25, 0.3) is 0 Å². The SMILES string of the molecule is CCCOc1ncccc1CNC(=O)c1cc(S(=O)(=O)N2CCOCC2)cc(OC)c1OC. The number of hydrogen-bond donors (Lipinski definition) is 1. The number of nitrogens with one attached hydrogen (secondary N) is 1. The smallest absolute Gasteiger partial charge is 0.255 e. The van der Waals surface area contributed by atoms with Crippen molar-refractivity contribution < 1.29 is 32.2 Å². The third kappa shape index (κ3) is 5.73. The van der Waals surface area contributed by atoms with Crippen LogP contribution in [0.4, 0.5) is 0 Å². The average Bonchev–Trinajstić information content (AvgIpc) is 2.85. The summed E-state index contributed by atoms with van der Waals surface area (Å²) >= 11 is 0. The van der Waals surface area contributed by atoms with Gasteiger partial charge in [0.2, 0.25) is 15.9 Å². The van der Waals surface area contributed by atoms with Gasteiger partial charge < -0.3 is 24.3 Å². The van der Waals surface area contributed by atoms with Crippen molar-refractivity contribution in [2.24, 2.45) is 0 Å². The van der Waals surface area contributed by atoms with E-state index in [1.807, 2.05) is 6.92 Å². The highest BCUT2D eigenvalue weighted by molar-refractivity contribution is 7.89. The number of sulfonamides is 1. The van der Waals surface area contributed by atoms with Gasteiger partial charge in [0.25, 0.3) is 5.91 Å². The van der Waals surface area contributed by atoms with Crippen molar-refractivity contribution in [2.45, 2.75) is 24.8 Å². The number of hydrogen-bond acceptors (Lipinski definition) is 8. The Bertz CT molecular complexity index is 1070. The molecule has 10 nitrogen and oxygen atoms in total. The minimum absolute atomic E-state index is 0.0450. The summed E-state index contributed by atoms with van der Waals surface area (Å²) in [4.78, 5) is 17.3. The molecule has 0 saturated carbocycles. The van der Waals surface area contributed by atoms with Crippen LogP contribution in [-0.4, -0.2) is 70.7 Å². The quantitative estimate of drug-likeness (QED) is 0.549. The number of ether oxygens (including phenoxy) is 4. The number of carbonyl (C=O) groups excluding carboxylic acids is 1. The number of rotatable bonds is 10. The average molecular weight is 480 g/mol. The van der Waals surface area contributed by atoms with Crippen LogP contribution >= 0.6 is 0 Å². The third-order valence-corrected chi connectivity index (χ3v) is 6.91. The maximum atomic E-state index is 13.2. The number of carbonyl (C=O) groups is 1. The second-order valence-corrected chi connectivity index (χ2v) is 9.16. The van der Waals surface area contributed by atoms with E-state index in [1.165, 1.54) is 30.7 Å². The summed E-state index contributed by atoms with van der Waals surface area (Å²) in [6.45, 7) is 3.73. The Kier molecular flexibility index (Phi) is 8.48. The van der Waals surface area contributed by atoms with E-state index in [0.717, 1.165) is 6.42 Å². The molecular formula is C22H29N3O7S. The number of methoxy groups -OCH3 is 2. The summed E-state index contributed by atoms with van der Waals surface area (Å²) < 4.78 is 49.3. The standard InChI is InChI=1S/C22H29N3O7S/c1-4-10-32-22-16(6-5-7-23-22)15-24-21(26)18-13-17(14-19(29-2)20(18)30-3)33(27,28)25-8-11-31-12-9-25/h5-7,13-14H,4,8-12,15H2,1-3H3,(H,24,26). The van der Waals surface area contributed by atoms with Crippen molar-refractivity contribution in [1.29, 1.82) is 0 Å². The molecular weight excluding hydrogens is 450 g/mol. The van der Waals surface area contributed by atoms with Crippen molar-refractivity contribution in [3.8, 4) is 17.4 Å². The van der Waals surface area contributed by atoms with E-state index >= 15 is 0 Å². The normalized spacial score (nSPS) is 14.5.